The number of carbonyl (C=O) groups excluding carboxylic acids is 6. The lowest BCUT2D eigenvalue weighted by molar-refractivity contribution is -0.129. The zero-order valence-electron chi connectivity index (χ0n) is 49.9. The second kappa shape index (κ2) is 30.5. The van der Waals surface area contributed by atoms with Crippen LogP contribution in [0.15, 0.2) is 61.2 Å². The molecule has 81 heavy (non-hydrogen) atoms. The number of anilines is 2. The van der Waals surface area contributed by atoms with E-state index in [0.29, 0.717) is 96.5 Å². The predicted molar refractivity (Wildman–Crippen MR) is 318 cm³/mol. The maximum atomic E-state index is 14.6. The SMILES string of the molecule is C=CCOC(=O)N[C@H](C(=O)N[C@@H](C)C(=O)Cc1ccc(COC(=O)Nc2cc(OCCCCCOc3cc(NB(C)O)c(C(=O)N4CCC[C@H]4CC)cc3OC)c(C)cc2C(=O)N2CCC[C@H]2CO[Si](C)(C)C(C)(C)C)cc1)C(C)C. The zero-order valence-corrected chi connectivity index (χ0v) is 50.9. The van der Waals surface area contributed by atoms with Crippen LogP contribution in [0.3, 0.4) is 0 Å². The monoisotopic (exact) mass is 1140 g/mol. The van der Waals surface area contributed by atoms with Gasteiger partial charge in [0, 0.05) is 43.4 Å². The van der Waals surface area contributed by atoms with Crippen LogP contribution in [-0.4, -0.2) is 137 Å². The number of rotatable bonds is 29. The van der Waals surface area contributed by atoms with Crippen LogP contribution in [0.2, 0.25) is 25.0 Å². The van der Waals surface area contributed by atoms with Crippen LogP contribution in [0.5, 0.6) is 17.2 Å². The van der Waals surface area contributed by atoms with Gasteiger partial charge in [0.2, 0.25) is 5.91 Å². The number of unbranched alkanes of at least 4 members (excludes halogenated alkanes) is 2. The molecular formula is C60H89BN6O13Si. The van der Waals surface area contributed by atoms with Crippen LogP contribution in [-0.2, 0) is 36.5 Å². The van der Waals surface area contributed by atoms with Crippen molar-refractivity contribution in [3.05, 3.63) is 89.0 Å². The van der Waals surface area contributed by atoms with Crippen LogP contribution in [0.1, 0.15) is 137 Å². The molecule has 21 heteroatoms. The first kappa shape index (κ1) is 65.2. The van der Waals surface area contributed by atoms with Gasteiger partial charge in [-0.25, -0.2) is 9.59 Å². The first-order valence-electron chi connectivity index (χ1n) is 28.6. The average Bonchev–Trinajstić information content (AvgIpc) is 4.19. The summed E-state index contributed by atoms with van der Waals surface area (Å²) in [5.74, 6) is -0.0187. The summed E-state index contributed by atoms with van der Waals surface area (Å²) in [5, 5.41) is 21.3. The summed E-state index contributed by atoms with van der Waals surface area (Å²) in [5.41, 5.74) is 3.47. The smallest absolute Gasteiger partial charge is 0.411 e. The summed E-state index contributed by atoms with van der Waals surface area (Å²) in [6.45, 7) is 27.4. The van der Waals surface area contributed by atoms with Crippen molar-refractivity contribution in [1.82, 2.24) is 20.4 Å². The minimum atomic E-state index is -2.11. The molecule has 4 atom stereocenters. The Morgan fingerprint density at radius 2 is 1.40 bits per heavy atom. The molecule has 0 aliphatic carbocycles. The molecule has 0 spiro atoms. The summed E-state index contributed by atoms with van der Waals surface area (Å²) < 4.78 is 35.4. The Bertz CT molecular complexity index is 2650. The molecule has 2 aliphatic heterocycles. The van der Waals surface area contributed by atoms with Crippen molar-refractivity contribution in [3.63, 3.8) is 0 Å². The highest BCUT2D eigenvalue weighted by atomic mass is 28.4. The number of hydrogen-bond acceptors (Lipinski definition) is 14. The lowest BCUT2D eigenvalue weighted by Crippen LogP contribution is -2.53. The maximum absolute atomic E-state index is 14.6. The quantitative estimate of drug-likeness (QED) is 0.0247. The van der Waals surface area contributed by atoms with Crippen LogP contribution in [0, 0.1) is 12.8 Å². The number of nitrogens with zero attached hydrogens (tertiary/aromatic N) is 2. The van der Waals surface area contributed by atoms with Gasteiger partial charge in [-0.2, -0.15) is 0 Å². The Hall–Kier alpha value is -6.58. The number of ketones is 1. The molecule has 2 saturated heterocycles. The van der Waals surface area contributed by atoms with E-state index in [4.69, 9.17) is 28.1 Å². The molecule has 0 saturated carbocycles. The van der Waals surface area contributed by atoms with Gasteiger partial charge in [-0.05, 0) is 125 Å². The van der Waals surface area contributed by atoms with Gasteiger partial charge in [-0.15, -0.1) is 0 Å². The molecule has 3 aromatic carbocycles. The van der Waals surface area contributed by atoms with Crippen LogP contribution < -0.4 is 35.4 Å². The van der Waals surface area contributed by atoms with E-state index in [2.05, 4.69) is 68.5 Å². The van der Waals surface area contributed by atoms with Gasteiger partial charge in [0.15, 0.2) is 25.6 Å². The normalized spacial score (nSPS) is 16.0. The van der Waals surface area contributed by atoms with Crippen LogP contribution in [0.25, 0.3) is 0 Å². The fraction of sp³-hybridized carbons (Fsp3) is 0.567. The molecule has 5 rings (SSSR count). The number of Topliss-reactive ketones (excluding diaryl/α,β-unsaturated/α-hetero) is 1. The van der Waals surface area contributed by atoms with Gasteiger partial charge in [-0.1, -0.05) is 78.5 Å². The third-order valence-electron chi connectivity index (χ3n) is 15.3. The van der Waals surface area contributed by atoms with E-state index in [1.807, 2.05) is 16.7 Å². The van der Waals surface area contributed by atoms with Crippen molar-refractivity contribution in [2.75, 3.05) is 57.2 Å². The molecule has 0 aromatic heterocycles. The predicted octanol–water partition coefficient (Wildman–Crippen LogP) is 10.1. The molecule has 2 aliphatic rings. The number of ether oxygens (including phenoxy) is 5. The maximum Gasteiger partial charge on any atom is 0.411 e. The minimum absolute atomic E-state index is 0.0000735. The van der Waals surface area contributed by atoms with E-state index in [1.54, 1.807) is 76.1 Å². The van der Waals surface area contributed by atoms with Crippen LogP contribution in [0.4, 0.5) is 21.0 Å². The summed E-state index contributed by atoms with van der Waals surface area (Å²) in [6.07, 6.45) is 6.37. The largest absolute Gasteiger partial charge is 0.493 e. The number of likely N-dealkylation sites (tertiary alicyclic amines) is 2. The Morgan fingerprint density at radius 3 is 1.99 bits per heavy atom. The summed E-state index contributed by atoms with van der Waals surface area (Å²) >= 11 is 0. The first-order valence-corrected chi connectivity index (χ1v) is 31.5. The van der Waals surface area contributed by atoms with Crippen molar-refractivity contribution in [3.8, 4) is 17.2 Å². The number of methoxy groups -OCH3 is 1. The Labute approximate surface area is 481 Å². The van der Waals surface area contributed by atoms with Gasteiger partial charge < -0.3 is 58.8 Å². The van der Waals surface area contributed by atoms with E-state index >= 15 is 0 Å². The van der Waals surface area contributed by atoms with E-state index < -0.39 is 45.5 Å². The number of alkyl carbamates (subject to hydrolysis) is 1. The van der Waals surface area contributed by atoms with Gasteiger partial charge in [0.1, 0.15) is 25.0 Å². The molecule has 444 valence electrons. The molecule has 0 radical (unpaired) electrons. The molecule has 5 amide bonds. The fourth-order valence-corrected chi connectivity index (χ4v) is 10.5. The summed E-state index contributed by atoms with van der Waals surface area (Å²) in [7, 11) is -1.48. The standard InChI is InChI=1S/C60H89BN6O13Si/c1-14-29-78-59(73)64-54(39(3)4)55(69)62-41(6)50(68)33-42-23-25-43(26-24-42)37-79-58(72)63-48-35-51(40(5)32-46(48)56(70)67-28-20-22-45(67)38-80-81(12,13)60(7,8)9)76-30-17-16-18-31-77-53-36-49(65-61(10)74)47(34-52(53)75-11)57(71)66-27-19-21-44(66)15-2/h14,23-26,32,34-36,39,41,44-45,54,65,74H,1,15-22,27-31,33,37-38H2,2-13H3,(H,62,69)(H,63,72)(H,64,73)/t41-,44+,45-,54-/m0/s1. The van der Waals surface area contributed by atoms with Crippen molar-refractivity contribution < 1.29 is 61.9 Å². The van der Waals surface area contributed by atoms with E-state index in [9.17, 15) is 33.8 Å². The number of aryl methyl sites for hydroxylation is 1. The van der Waals surface area contributed by atoms with E-state index in [-0.39, 0.29) is 66.0 Å². The minimum Gasteiger partial charge on any atom is -0.493 e. The highest BCUT2D eigenvalue weighted by molar-refractivity contribution is 6.74. The van der Waals surface area contributed by atoms with Crippen LogP contribution >= 0.6 is 0 Å². The van der Waals surface area contributed by atoms with Gasteiger partial charge in [0.05, 0.1) is 55.8 Å². The molecular weight excluding hydrogens is 1050 g/mol. The zero-order chi connectivity index (χ0) is 59.6. The Morgan fingerprint density at radius 1 is 0.802 bits per heavy atom. The summed E-state index contributed by atoms with van der Waals surface area (Å²) in [6, 6.07) is 12.1. The number of carbonyl (C=O) groups is 6. The molecule has 3 aromatic rings. The number of hydrogen-bond donors (Lipinski definition) is 5. The molecule has 0 bridgehead atoms. The third kappa shape index (κ3) is 18.7. The van der Waals surface area contributed by atoms with E-state index in [0.717, 1.165) is 38.5 Å². The van der Waals surface area contributed by atoms with Gasteiger partial charge in [0.25, 0.3) is 11.8 Å². The first-order chi connectivity index (χ1) is 38.4. The topological polar surface area (TPSA) is 233 Å². The second-order valence-electron chi connectivity index (χ2n) is 23.0. The van der Waals surface area contributed by atoms with E-state index in [1.165, 1.54) is 13.2 Å². The molecule has 0 unspecified atom stereocenters. The molecule has 5 N–H and O–H groups in total. The Kier molecular flexibility index (Phi) is 24.5. The van der Waals surface area contributed by atoms with Crippen molar-refractivity contribution in [2.45, 2.75) is 169 Å². The summed E-state index contributed by atoms with van der Waals surface area (Å²) in [4.78, 5) is 84.1. The van der Waals surface area contributed by atoms with Crippen molar-refractivity contribution in [1.29, 1.82) is 0 Å². The highest BCUT2D eigenvalue weighted by Gasteiger charge is 2.40. The average molecular weight is 1140 g/mol. The van der Waals surface area contributed by atoms with Crippen molar-refractivity contribution >= 4 is 62.4 Å². The lowest BCUT2D eigenvalue weighted by atomic mass is 9.87. The molecule has 19 nitrogen and oxygen atoms in total. The second-order valence-corrected chi connectivity index (χ2v) is 27.8. The lowest BCUT2D eigenvalue weighted by Gasteiger charge is -2.38. The number of nitrogens with one attached hydrogen (secondary N) is 4. The van der Waals surface area contributed by atoms with Crippen molar-refractivity contribution in [2.24, 2.45) is 5.92 Å². The number of amides is 5. The fourth-order valence-electron chi connectivity index (χ4n) is 9.48. The van der Waals surface area contributed by atoms with Gasteiger partial charge >= 0.3 is 19.2 Å². The molecule has 2 heterocycles. The Balaban J connectivity index is 1.22. The van der Waals surface area contributed by atoms with Gasteiger partial charge in [-0.3, -0.25) is 24.5 Å². The molecule has 2 fully saturated rings. The number of benzene rings is 3. The third-order valence-corrected chi connectivity index (χ3v) is 19.8. The highest BCUT2D eigenvalue weighted by Crippen LogP contribution is 2.39.